The van der Waals surface area contributed by atoms with Crippen LogP contribution in [-0.4, -0.2) is 15.3 Å². The SMILES string of the molecule is CCCn1c(N)[n+](CC(=O)c2ccc([N+](=O)[O-])cc2)c2ccccc21. The summed E-state index contributed by atoms with van der Waals surface area (Å²) in [6.07, 6.45) is 0.930. The first-order valence-corrected chi connectivity index (χ1v) is 8.07. The maximum absolute atomic E-state index is 12.6. The van der Waals surface area contributed by atoms with Gasteiger partial charge in [0, 0.05) is 17.7 Å². The third-order valence-corrected chi connectivity index (χ3v) is 4.17. The molecule has 0 fully saturated rings. The van der Waals surface area contributed by atoms with Crippen molar-refractivity contribution in [1.82, 2.24) is 4.57 Å². The quantitative estimate of drug-likeness (QED) is 0.323. The number of nitro groups is 1. The van der Waals surface area contributed by atoms with Crippen molar-refractivity contribution >= 4 is 28.5 Å². The average Bonchev–Trinajstić information content (AvgIpc) is 2.88. The Balaban J connectivity index is 1.96. The van der Waals surface area contributed by atoms with Crippen molar-refractivity contribution in [2.24, 2.45) is 0 Å². The van der Waals surface area contributed by atoms with Crippen LogP contribution in [-0.2, 0) is 13.1 Å². The standard InChI is InChI=1S/C18H18N4O3/c1-2-11-20-15-5-3-4-6-16(15)21(18(20)19)12-17(23)13-7-9-14(10-8-13)22(24)25/h3-10,19H,2,11-12H2,1H3/p+1. The minimum Gasteiger partial charge on any atom is -0.291 e. The molecule has 1 heterocycles. The number of fused-ring (bicyclic) bond motifs is 1. The summed E-state index contributed by atoms with van der Waals surface area (Å²) in [7, 11) is 0. The number of carbonyl (C=O) groups is 1. The van der Waals surface area contributed by atoms with E-state index in [1.807, 2.05) is 28.8 Å². The maximum Gasteiger partial charge on any atom is 0.356 e. The lowest BCUT2D eigenvalue weighted by molar-refractivity contribution is -0.642. The smallest absolute Gasteiger partial charge is 0.291 e. The molecule has 0 saturated heterocycles. The Bertz CT molecular complexity index is 945. The van der Waals surface area contributed by atoms with E-state index in [0.717, 1.165) is 24.0 Å². The van der Waals surface area contributed by atoms with Crippen LogP contribution >= 0.6 is 0 Å². The molecule has 0 aliphatic heterocycles. The number of aryl methyl sites for hydroxylation is 1. The molecular formula is C18H19N4O3+. The Morgan fingerprint density at radius 3 is 2.52 bits per heavy atom. The predicted molar refractivity (Wildman–Crippen MR) is 94.3 cm³/mol. The van der Waals surface area contributed by atoms with Crippen LogP contribution in [0, 0.1) is 10.1 Å². The summed E-state index contributed by atoms with van der Waals surface area (Å²) >= 11 is 0. The summed E-state index contributed by atoms with van der Waals surface area (Å²) in [6, 6.07) is 13.4. The summed E-state index contributed by atoms with van der Waals surface area (Å²) in [5.74, 6) is 0.379. The number of ketones is 1. The number of para-hydroxylation sites is 2. The Morgan fingerprint density at radius 1 is 1.20 bits per heavy atom. The topological polar surface area (TPSA) is 95.0 Å². The fourth-order valence-corrected chi connectivity index (χ4v) is 2.94. The largest absolute Gasteiger partial charge is 0.356 e. The van der Waals surface area contributed by atoms with E-state index >= 15 is 0 Å². The number of nitro benzene ring substituents is 1. The minimum atomic E-state index is -0.487. The van der Waals surface area contributed by atoms with E-state index in [1.54, 1.807) is 4.57 Å². The highest BCUT2D eigenvalue weighted by molar-refractivity contribution is 5.95. The number of Topliss-reactive ketones (excluding diaryl/α,β-unsaturated/α-hetero) is 1. The monoisotopic (exact) mass is 339 g/mol. The van der Waals surface area contributed by atoms with Crippen LogP contribution < -0.4 is 10.3 Å². The van der Waals surface area contributed by atoms with Crippen molar-refractivity contribution < 1.29 is 14.3 Å². The van der Waals surface area contributed by atoms with Crippen LogP contribution in [0.5, 0.6) is 0 Å². The number of nitrogen functional groups attached to an aromatic ring is 1. The number of benzene rings is 2. The maximum atomic E-state index is 12.6. The summed E-state index contributed by atoms with van der Waals surface area (Å²) in [4.78, 5) is 22.8. The number of carbonyl (C=O) groups excluding carboxylic acids is 1. The molecule has 3 rings (SSSR count). The lowest BCUT2D eigenvalue weighted by Gasteiger charge is -2.02. The number of nitrogens with zero attached hydrogens (tertiary/aromatic N) is 3. The molecular weight excluding hydrogens is 320 g/mol. The van der Waals surface area contributed by atoms with Crippen LogP contribution in [0.1, 0.15) is 23.7 Å². The highest BCUT2D eigenvalue weighted by atomic mass is 16.6. The third-order valence-electron chi connectivity index (χ3n) is 4.17. The van der Waals surface area contributed by atoms with Gasteiger partial charge in [-0.25, -0.2) is 9.13 Å². The van der Waals surface area contributed by atoms with Gasteiger partial charge in [-0.3, -0.25) is 20.6 Å². The predicted octanol–water partition coefficient (Wildman–Crippen LogP) is 2.71. The first-order valence-electron chi connectivity index (χ1n) is 8.07. The van der Waals surface area contributed by atoms with Crippen LogP contribution in [0.15, 0.2) is 48.5 Å². The number of imidazole rings is 1. The van der Waals surface area contributed by atoms with Gasteiger partial charge < -0.3 is 0 Å². The Kier molecular flexibility index (Phi) is 4.47. The molecule has 0 radical (unpaired) electrons. The zero-order valence-electron chi connectivity index (χ0n) is 13.9. The molecule has 0 aliphatic carbocycles. The molecule has 25 heavy (non-hydrogen) atoms. The van der Waals surface area contributed by atoms with Crippen molar-refractivity contribution in [3.8, 4) is 0 Å². The van der Waals surface area contributed by atoms with Crippen molar-refractivity contribution in [3.63, 3.8) is 0 Å². The minimum absolute atomic E-state index is 0.0386. The van der Waals surface area contributed by atoms with E-state index in [-0.39, 0.29) is 18.0 Å². The number of anilines is 1. The molecule has 0 atom stereocenters. The summed E-state index contributed by atoms with van der Waals surface area (Å²) in [6.45, 7) is 2.92. The van der Waals surface area contributed by atoms with Crippen LogP contribution in [0.25, 0.3) is 11.0 Å². The first kappa shape index (κ1) is 16.6. The van der Waals surface area contributed by atoms with Gasteiger partial charge in [-0.15, -0.1) is 0 Å². The molecule has 7 nitrogen and oxygen atoms in total. The molecule has 128 valence electrons. The van der Waals surface area contributed by atoms with Crippen molar-refractivity contribution in [1.29, 1.82) is 0 Å². The highest BCUT2D eigenvalue weighted by Gasteiger charge is 2.22. The summed E-state index contributed by atoms with van der Waals surface area (Å²) in [5.41, 5.74) is 8.54. The van der Waals surface area contributed by atoms with Gasteiger partial charge in [0.1, 0.15) is 17.6 Å². The fraction of sp³-hybridized carbons (Fsp3) is 0.222. The van der Waals surface area contributed by atoms with Gasteiger partial charge in [-0.2, -0.15) is 0 Å². The molecule has 0 spiro atoms. The first-order chi connectivity index (χ1) is 12.0. The van der Waals surface area contributed by atoms with Crippen molar-refractivity contribution in [2.45, 2.75) is 26.4 Å². The normalized spacial score (nSPS) is 10.9. The van der Waals surface area contributed by atoms with Gasteiger partial charge in [-0.05, 0) is 30.7 Å². The Labute approximate surface area is 144 Å². The van der Waals surface area contributed by atoms with Gasteiger partial charge in [0.15, 0.2) is 5.78 Å². The van der Waals surface area contributed by atoms with Crippen molar-refractivity contribution in [2.75, 3.05) is 5.73 Å². The van der Waals surface area contributed by atoms with E-state index < -0.39 is 4.92 Å². The molecule has 2 aromatic carbocycles. The van der Waals surface area contributed by atoms with Crippen molar-refractivity contribution in [3.05, 3.63) is 64.2 Å². The molecule has 3 aromatic rings. The molecule has 0 unspecified atom stereocenters. The fourth-order valence-electron chi connectivity index (χ4n) is 2.94. The number of hydrogen-bond acceptors (Lipinski definition) is 4. The number of aromatic nitrogens is 2. The molecule has 7 heteroatoms. The molecule has 0 bridgehead atoms. The van der Waals surface area contributed by atoms with E-state index in [1.165, 1.54) is 24.3 Å². The Morgan fingerprint density at radius 2 is 1.88 bits per heavy atom. The molecule has 1 aromatic heterocycles. The number of non-ortho nitro benzene ring substituents is 1. The average molecular weight is 339 g/mol. The van der Waals surface area contributed by atoms with Crippen LogP contribution in [0.2, 0.25) is 0 Å². The van der Waals surface area contributed by atoms with E-state index in [0.29, 0.717) is 11.5 Å². The van der Waals surface area contributed by atoms with Gasteiger partial charge >= 0.3 is 5.95 Å². The number of hydrogen-bond donors (Lipinski definition) is 1. The van der Waals surface area contributed by atoms with Gasteiger partial charge in [0.25, 0.3) is 5.69 Å². The highest BCUT2D eigenvalue weighted by Crippen LogP contribution is 2.17. The van der Waals surface area contributed by atoms with Crippen LogP contribution in [0.3, 0.4) is 0 Å². The molecule has 0 aliphatic rings. The second-order valence-electron chi connectivity index (χ2n) is 5.81. The lowest BCUT2D eigenvalue weighted by Crippen LogP contribution is -2.40. The molecule has 0 saturated carbocycles. The van der Waals surface area contributed by atoms with Crippen LogP contribution in [0.4, 0.5) is 11.6 Å². The van der Waals surface area contributed by atoms with E-state index in [9.17, 15) is 14.9 Å². The van der Waals surface area contributed by atoms with Gasteiger partial charge in [0.2, 0.25) is 0 Å². The molecule has 2 N–H and O–H groups in total. The number of nitrogens with two attached hydrogens (primary N) is 1. The van der Waals surface area contributed by atoms with E-state index in [4.69, 9.17) is 5.73 Å². The number of rotatable bonds is 6. The Hall–Kier alpha value is -3.22. The second kappa shape index (κ2) is 6.72. The summed E-state index contributed by atoms with van der Waals surface area (Å²) < 4.78 is 3.78. The third kappa shape index (κ3) is 3.08. The second-order valence-corrected chi connectivity index (χ2v) is 5.81. The summed E-state index contributed by atoms with van der Waals surface area (Å²) in [5, 5.41) is 10.7. The lowest BCUT2D eigenvalue weighted by atomic mass is 10.1. The zero-order valence-corrected chi connectivity index (χ0v) is 13.9. The molecule has 0 amide bonds. The van der Waals surface area contributed by atoms with Gasteiger partial charge in [-0.1, -0.05) is 19.1 Å². The van der Waals surface area contributed by atoms with Gasteiger partial charge in [0.05, 0.1) is 11.5 Å². The van der Waals surface area contributed by atoms with E-state index in [2.05, 4.69) is 6.92 Å². The zero-order chi connectivity index (χ0) is 18.0.